The average molecular weight is 562 g/mol. The average Bonchev–Trinajstić information content (AvgIpc) is 2.82. The molecule has 0 aliphatic rings. The van der Waals surface area contributed by atoms with E-state index in [-0.39, 0.29) is 23.3 Å². The van der Waals surface area contributed by atoms with E-state index in [1.54, 1.807) is 25.1 Å². The van der Waals surface area contributed by atoms with Crippen LogP contribution in [0.25, 0.3) is 0 Å². The minimum atomic E-state index is -4.26. The highest BCUT2D eigenvalue weighted by Crippen LogP contribution is 2.26. The van der Waals surface area contributed by atoms with Crippen molar-refractivity contribution in [3.63, 3.8) is 0 Å². The first-order chi connectivity index (χ1) is 16.8. The Morgan fingerprint density at radius 2 is 1.69 bits per heavy atom. The van der Waals surface area contributed by atoms with E-state index in [9.17, 15) is 22.4 Å². The topological polar surface area (TPSA) is 90.0 Å². The molecule has 36 heavy (non-hydrogen) atoms. The predicted molar refractivity (Wildman–Crippen MR) is 141 cm³/mol. The Hall–Kier alpha value is -2.40. The van der Waals surface area contributed by atoms with E-state index in [1.165, 1.54) is 37.2 Å². The fraction of sp³-hybridized carbons (Fsp3) is 0.417. The maximum absolute atomic E-state index is 14.6. The molecule has 2 aromatic rings. The first kappa shape index (κ1) is 29.8. The zero-order valence-corrected chi connectivity index (χ0v) is 23.2. The van der Waals surface area contributed by atoms with Crippen molar-refractivity contribution in [1.82, 2.24) is 14.5 Å². The SMILES string of the molecule is CC[C@@H](C)NC(=O)[C@@H](C)N(Cc1ccc(Cl)c(Cl)c1)C(=O)CN(c1ccccc1F)S(=O)(=O)N(C)C. The van der Waals surface area contributed by atoms with Crippen LogP contribution in [0.2, 0.25) is 10.0 Å². The highest BCUT2D eigenvalue weighted by molar-refractivity contribution is 7.90. The second kappa shape index (κ2) is 12.7. The molecule has 0 heterocycles. The number of anilines is 1. The van der Waals surface area contributed by atoms with Crippen LogP contribution in [0, 0.1) is 5.82 Å². The normalized spacial score (nSPS) is 13.2. The maximum atomic E-state index is 14.6. The van der Waals surface area contributed by atoms with Crippen molar-refractivity contribution in [2.24, 2.45) is 0 Å². The van der Waals surface area contributed by atoms with Crippen LogP contribution in [-0.2, 0) is 26.3 Å². The highest BCUT2D eigenvalue weighted by Gasteiger charge is 2.34. The summed E-state index contributed by atoms with van der Waals surface area (Å²) >= 11 is 12.1. The first-order valence-corrected chi connectivity index (χ1v) is 13.4. The third-order valence-corrected chi connectivity index (χ3v) is 8.19. The summed E-state index contributed by atoms with van der Waals surface area (Å²) in [6, 6.07) is 8.94. The standard InChI is InChI=1S/C24H31Cl2FN4O4S/c1-6-16(2)28-24(33)17(3)30(14-18-11-12-19(25)20(26)13-18)23(32)15-31(36(34,35)29(4)5)22-10-8-7-9-21(22)27/h7-13,16-17H,6,14-15H2,1-5H3,(H,28,33)/t16-,17-/m1/s1. The van der Waals surface area contributed by atoms with Gasteiger partial charge in [-0.25, -0.2) is 8.70 Å². The Bertz CT molecular complexity index is 1200. The fourth-order valence-electron chi connectivity index (χ4n) is 3.24. The molecule has 0 fully saturated rings. The fourth-order valence-corrected chi connectivity index (χ4v) is 4.62. The highest BCUT2D eigenvalue weighted by atomic mass is 35.5. The van der Waals surface area contributed by atoms with Gasteiger partial charge in [0, 0.05) is 26.7 Å². The lowest BCUT2D eigenvalue weighted by atomic mass is 10.1. The van der Waals surface area contributed by atoms with Gasteiger partial charge in [-0.1, -0.05) is 48.3 Å². The third kappa shape index (κ3) is 7.32. The maximum Gasteiger partial charge on any atom is 0.304 e. The Kier molecular flexibility index (Phi) is 10.5. The largest absolute Gasteiger partial charge is 0.352 e. The lowest BCUT2D eigenvalue weighted by Crippen LogP contribution is -2.53. The third-order valence-electron chi connectivity index (χ3n) is 5.65. The van der Waals surface area contributed by atoms with Gasteiger partial charge in [-0.15, -0.1) is 0 Å². The Morgan fingerprint density at radius 1 is 1.06 bits per heavy atom. The van der Waals surface area contributed by atoms with E-state index in [2.05, 4.69) is 5.32 Å². The molecule has 2 amide bonds. The van der Waals surface area contributed by atoms with Crippen molar-refractivity contribution < 1.29 is 22.4 Å². The van der Waals surface area contributed by atoms with Crippen LogP contribution in [0.4, 0.5) is 10.1 Å². The van der Waals surface area contributed by atoms with Crippen LogP contribution < -0.4 is 9.62 Å². The van der Waals surface area contributed by atoms with Gasteiger partial charge in [0.05, 0.1) is 15.7 Å². The molecule has 2 aromatic carbocycles. The molecule has 0 aliphatic heterocycles. The van der Waals surface area contributed by atoms with Gasteiger partial charge in [-0.2, -0.15) is 12.7 Å². The molecule has 0 saturated heterocycles. The number of rotatable bonds is 11. The molecule has 0 aromatic heterocycles. The van der Waals surface area contributed by atoms with Crippen molar-refractivity contribution in [1.29, 1.82) is 0 Å². The number of hydrogen-bond acceptors (Lipinski definition) is 4. The van der Waals surface area contributed by atoms with E-state index < -0.39 is 40.4 Å². The van der Waals surface area contributed by atoms with Gasteiger partial charge in [0.1, 0.15) is 18.4 Å². The molecule has 0 radical (unpaired) electrons. The molecule has 1 N–H and O–H groups in total. The smallest absolute Gasteiger partial charge is 0.304 e. The summed E-state index contributed by atoms with van der Waals surface area (Å²) < 4.78 is 42.4. The second-order valence-corrected chi connectivity index (χ2v) is 11.4. The van der Waals surface area contributed by atoms with Crippen LogP contribution in [-0.4, -0.2) is 62.2 Å². The lowest BCUT2D eigenvalue weighted by molar-refractivity contribution is -0.139. The van der Waals surface area contributed by atoms with E-state index in [4.69, 9.17) is 23.2 Å². The van der Waals surface area contributed by atoms with Crippen molar-refractivity contribution in [3.05, 3.63) is 63.9 Å². The number of hydrogen-bond donors (Lipinski definition) is 1. The molecule has 8 nitrogen and oxygen atoms in total. The van der Waals surface area contributed by atoms with Crippen molar-refractivity contribution >= 4 is 50.9 Å². The van der Waals surface area contributed by atoms with Crippen LogP contribution in [0.15, 0.2) is 42.5 Å². The van der Waals surface area contributed by atoms with Crippen LogP contribution in [0.1, 0.15) is 32.8 Å². The Morgan fingerprint density at radius 3 is 2.25 bits per heavy atom. The summed E-state index contributed by atoms with van der Waals surface area (Å²) in [5.74, 6) is -1.93. The number of nitrogens with one attached hydrogen (secondary N) is 1. The summed E-state index contributed by atoms with van der Waals surface area (Å²) in [5, 5.41) is 3.42. The molecular formula is C24H31Cl2FN4O4S. The zero-order valence-electron chi connectivity index (χ0n) is 20.8. The lowest BCUT2D eigenvalue weighted by Gasteiger charge is -2.33. The molecular weight excluding hydrogens is 530 g/mol. The number of carbonyl (C=O) groups excluding carboxylic acids is 2. The van der Waals surface area contributed by atoms with Crippen molar-refractivity contribution in [3.8, 4) is 0 Å². The van der Waals surface area contributed by atoms with Gasteiger partial charge in [0.2, 0.25) is 11.8 Å². The molecule has 2 atom stereocenters. The second-order valence-electron chi connectivity index (χ2n) is 8.51. The van der Waals surface area contributed by atoms with Crippen molar-refractivity contribution in [2.75, 3.05) is 24.9 Å². The van der Waals surface area contributed by atoms with Crippen LogP contribution in [0.3, 0.4) is 0 Å². The van der Waals surface area contributed by atoms with E-state index in [0.29, 0.717) is 21.3 Å². The Balaban J connectivity index is 2.49. The molecule has 0 spiro atoms. The molecule has 12 heteroatoms. The van der Waals surface area contributed by atoms with Gasteiger partial charge in [0.25, 0.3) is 0 Å². The zero-order chi connectivity index (χ0) is 27.2. The summed E-state index contributed by atoms with van der Waals surface area (Å²) in [4.78, 5) is 27.8. The number of carbonyl (C=O) groups is 2. The molecule has 0 saturated carbocycles. The van der Waals surface area contributed by atoms with Gasteiger partial charge >= 0.3 is 10.2 Å². The molecule has 2 rings (SSSR count). The van der Waals surface area contributed by atoms with E-state index >= 15 is 0 Å². The number of benzene rings is 2. The van der Waals surface area contributed by atoms with Crippen molar-refractivity contribution in [2.45, 2.75) is 45.8 Å². The summed E-state index contributed by atoms with van der Waals surface area (Å²) in [7, 11) is -1.69. The number of amides is 2. The monoisotopic (exact) mass is 560 g/mol. The van der Waals surface area contributed by atoms with Gasteiger partial charge in [0.15, 0.2) is 0 Å². The van der Waals surface area contributed by atoms with Gasteiger partial charge in [-0.3, -0.25) is 9.59 Å². The molecule has 0 bridgehead atoms. The quantitative estimate of drug-likeness (QED) is 0.448. The van der Waals surface area contributed by atoms with Gasteiger partial charge in [-0.05, 0) is 50.1 Å². The van der Waals surface area contributed by atoms with E-state index in [0.717, 1.165) is 10.4 Å². The molecule has 0 aliphatic carbocycles. The molecule has 0 unspecified atom stereocenters. The number of nitrogens with zero attached hydrogens (tertiary/aromatic N) is 3. The summed E-state index contributed by atoms with van der Waals surface area (Å²) in [5.41, 5.74) is 0.291. The van der Waals surface area contributed by atoms with Gasteiger partial charge < -0.3 is 10.2 Å². The minimum absolute atomic E-state index is 0.0576. The number of para-hydroxylation sites is 1. The summed E-state index contributed by atoms with van der Waals surface area (Å²) in [6.45, 7) is 4.49. The first-order valence-electron chi connectivity index (χ1n) is 11.3. The van der Waals surface area contributed by atoms with Crippen LogP contribution >= 0.6 is 23.2 Å². The minimum Gasteiger partial charge on any atom is -0.352 e. The predicted octanol–water partition coefficient (Wildman–Crippen LogP) is 4.08. The molecule has 198 valence electrons. The van der Waals surface area contributed by atoms with Crippen LogP contribution in [0.5, 0.6) is 0 Å². The van der Waals surface area contributed by atoms with E-state index in [1.807, 2.05) is 13.8 Å². The Labute approximate surface area is 222 Å². The number of halogens is 3. The summed E-state index contributed by atoms with van der Waals surface area (Å²) in [6.07, 6.45) is 0.682.